The number of carbonyl (C=O) groups is 4. The molecule has 1 saturated heterocycles. The van der Waals surface area contributed by atoms with Crippen molar-refractivity contribution >= 4 is 23.6 Å². The highest BCUT2D eigenvalue weighted by molar-refractivity contribution is 5.95. The van der Waals surface area contributed by atoms with Gasteiger partial charge in [-0.15, -0.1) is 0 Å². The van der Waals surface area contributed by atoms with Crippen LogP contribution in [0.5, 0.6) is 0 Å². The summed E-state index contributed by atoms with van der Waals surface area (Å²) in [5.41, 5.74) is 6.46. The third-order valence-corrected chi connectivity index (χ3v) is 7.27. The monoisotopic (exact) mass is 577 g/mol. The van der Waals surface area contributed by atoms with Crippen molar-refractivity contribution < 1.29 is 23.6 Å². The molecule has 10 heteroatoms. The molecular formula is C31H52FN5O4. The summed E-state index contributed by atoms with van der Waals surface area (Å²) in [6.07, 6.45) is 6.04. The average Bonchev–Trinajstić information content (AvgIpc) is 3.49. The average molecular weight is 578 g/mol. The third-order valence-electron chi connectivity index (χ3n) is 7.27. The number of hydrogen-bond donors (Lipinski definition) is 4. The Balaban J connectivity index is 0.00000201. The van der Waals surface area contributed by atoms with E-state index in [9.17, 15) is 23.6 Å². The largest absolute Gasteiger partial charge is 0.355 e. The van der Waals surface area contributed by atoms with E-state index in [0.717, 1.165) is 32.1 Å². The minimum absolute atomic E-state index is 0.00480. The number of rotatable bonds is 10. The second-order valence-corrected chi connectivity index (χ2v) is 10.1. The molecule has 5 N–H and O–H groups in total. The maximum Gasteiger partial charge on any atom is 0.246 e. The van der Waals surface area contributed by atoms with Crippen LogP contribution >= 0.6 is 0 Å². The highest BCUT2D eigenvalue weighted by Crippen LogP contribution is 2.29. The Hall–Kier alpha value is -3.01. The third kappa shape index (κ3) is 11.1. The Morgan fingerprint density at radius 3 is 2.10 bits per heavy atom. The summed E-state index contributed by atoms with van der Waals surface area (Å²) in [6.45, 7) is 12.2. The Morgan fingerprint density at radius 2 is 1.54 bits per heavy atom. The van der Waals surface area contributed by atoms with Crippen molar-refractivity contribution in [3.05, 3.63) is 35.6 Å². The number of likely N-dealkylation sites (N-methyl/N-ethyl adjacent to an activating group) is 1. The number of nitrogens with one attached hydrogen (secondary N) is 3. The van der Waals surface area contributed by atoms with Gasteiger partial charge in [-0.1, -0.05) is 59.1 Å². The van der Waals surface area contributed by atoms with Crippen molar-refractivity contribution in [2.75, 3.05) is 13.1 Å². The fourth-order valence-corrected chi connectivity index (χ4v) is 5.25. The number of nitrogens with two attached hydrogens (primary N) is 1. The van der Waals surface area contributed by atoms with Gasteiger partial charge >= 0.3 is 0 Å². The smallest absolute Gasteiger partial charge is 0.246 e. The first-order valence-corrected chi connectivity index (χ1v) is 15.4. The van der Waals surface area contributed by atoms with Crippen LogP contribution in [0.25, 0.3) is 0 Å². The maximum atomic E-state index is 13.7. The van der Waals surface area contributed by atoms with Gasteiger partial charge in [-0.05, 0) is 63.1 Å². The lowest BCUT2D eigenvalue weighted by Crippen LogP contribution is -2.59. The normalized spacial score (nSPS) is 18.8. The Bertz CT molecular complexity index is 950. The molecule has 1 aromatic rings. The number of carbonyl (C=O) groups excluding carboxylic acids is 4. The van der Waals surface area contributed by atoms with Gasteiger partial charge in [0.05, 0.1) is 6.04 Å². The van der Waals surface area contributed by atoms with Gasteiger partial charge in [-0.3, -0.25) is 19.2 Å². The van der Waals surface area contributed by atoms with Crippen LogP contribution in [0.15, 0.2) is 24.3 Å². The molecule has 1 aromatic carbocycles. The van der Waals surface area contributed by atoms with Crippen LogP contribution in [-0.4, -0.2) is 65.8 Å². The molecule has 2 fully saturated rings. The molecule has 1 aliphatic carbocycles. The summed E-state index contributed by atoms with van der Waals surface area (Å²) in [6, 6.07) is 2.69. The molecule has 4 atom stereocenters. The summed E-state index contributed by atoms with van der Waals surface area (Å²) in [5.74, 6) is -1.81. The summed E-state index contributed by atoms with van der Waals surface area (Å²) in [4.78, 5) is 53.9. The standard InChI is InChI=1S/C27H40FN5O4.2C2H6/c1-3-30-25(35)21(16-18-11-13-20(28)14-12-18)31-26(36)22-10-7-15-33(22)27(37)23(32-24(34)17(2)29)19-8-5-4-6-9-19;2*1-2/h11-14,17,19,21-23H,3-10,15-16,29H2,1-2H3,(H,30,35)(H,31,36)(H,32,34);2*1-2H3. The maximum absolute atomic E-state index is 13.7. The van der Waals surface area contributed by atoms with Crippen molar-refractivity contribution in [1.29, 1.82) is 0 Å². The minimum atomic E-state index is -0.873. The predicted octanol–water partition coefficient (Wildman–Crippen LogP) is 3.44. The summed E-state index contributed by atoms with van der Waals surface area (Å²) in [7, 11) is 0. The lowest BCUT2D eigenvalue weighted by molar-refractivity contribution is -0.143. The van der Waals surface area contributed by atoms with Crippen molar-refractivity contribution in [2.45, 2.75) is 117 Å². The van der Waals surface area contributed by atoms with Crippen LogP contribution < -0.4 is 21.7 Å². The summed E-state index contributed by atoms with van der Waals surface area (Å²) < 4.78 is 13.3. The topological polar surface area (TPSA) is 134 Å². The fraction of sp³-hybridized carbons (Fsp3) is 0.677. The zero-order valence-electron chi connectivity index (χ0n) is 25.8. The van der Waals surface area contributed by atoms with E-state index in [1.165, 1.54) is 12.1 Å². The van der Waals surface area contributed by atoms with Crippen molar-refractivity contribution in [2.24, 2.45) is 11.7 Å². The molecule has 0 spiro atoms. The quantitative estimate of drug-likeness (QED) is 0.338. The molecular weight excluding hydrogens is 525 g/mol. The molecule has 0 radical (unpaired) electrons. The first kappa shape index (κ1) is 36.0. The van der Waals surface area contributed by atoms with Crippen LogP contribution in [0.1, 0.15) is 92.1 Å². The van der Waals surface area contributed by atoms with E-state index in [0.29, 0.717) is 31.5 Å². The Labute approximate surface area is 245 Å². The molecule has 1 aliphatic heterocycles. The molecule has 41 heavy (non-hydrogen) atoms. The molecule has 9 nitrogen and oxygen atoms in total. The molecule has 0 aromatic heterocycles. The van der Waals surface area contributed by atoms with E-state index < -0.39 is 30.1 Å². The van der Waals surface area contributed by atoms with E-state index in [2.05, 4.69) is 16.0 Å². The Morgan fingerprint density at radius 1 is 0.927 bits per heavy atom. The number of likely N-dealkylation sites (tertiary alicyclic amines) is 1. The highest BCUT2D eigenvalue weighted by atomic mass is 19.1. The first-order valence-electron chi connectivity index (χ1n) is 15.4. The molecule has 1 saturated carbocycles. The van der Waals surface area contributed by atoms with Crippen LogP contribution in [0.3, 0.4) is 0 Å². The molecule has 1 heterocycles. The van der Waals surface area contributed by atoms with Crippen molar-refractivity contribution in [3.8, 4) is 0 Å². The van der Waals surface area contributed by atoms with Crippen LogP contribution in [0.4, 0.5) is 4.39 Å². The zero-order chi connectivity index (χ0) is 30.9. The van der Waals surface area contributed by atoms with E-state index in [1.807, 2.05) is 27.7 Å². The SMILES string of the molecule is CC.CC.CCNC(=O)C(Cc1ccc(F)cc1)NC(=O)C1CCCN1C(=O)C(NC(=O)C(C)N)C1CCCCC1. The van der Waals surface area contributed by atoms with Crippen molar-refractivity contribution in [1.82, 2.24) is 20.9 Å². The van der Waals surface area contributed by atoms with Gasteiger partial charge in [0.2, 0.25) is 23.6 Å². The van der Waals surface area contributed by atoms with Crippen LogP contribution in [0, 0.1) is 11.7 Å². The number of amides is 4. The van der Waals surface area contributed by atoms with Crippen molar-refractivity contribution in [3.63, 3.8) is 0 Å². The molecule has 3 rings (SSSR count). The summed E-state index contributed by atoms with van der Waals surface area (Å²) >= 11 is 0. The molecule has 4 unspecified atom stereocenters. The van der Waals surface area contributed by atoms with Gasteiger partial charge in [-0.2, -0.15) is 0 Å². The lowest BCUT2D eigenvalue weighted by atomic mass is 9.83. The lowest BCUT2D eigenvalue weighted by Gasteiger charge is -2.35. The Kier molecular flexibility index (Phi) is 16.8. The van der Waals surface area contributed by atoms with Gasteiger partial charge in [0.25, 0.3) is 0 Å². The van der Waals surface area contributed by atoms with E-state index in [4.69, 9.17) is 5.73 Å². The fourth-order valence-electron chi connectivity index (χ4n) is 5.25. The minimum Gasteiger partial charge on any atom is -0.355 e. The van der Waals surface area contributed by atoms with Gasteiger partial charge in [0.15, 0.2) is 0 Å². The van der Waals surface area contributed by atoms with Gasteiger partial charge in [0.1, 0.15) is 23.9 Å². The molecule has 2 aliphatic rings. The molecule has 4 amide bonds. The van der Waals surface area contributed by atoms with Crippen LogP contribution in [0.2, 0.25) is 0 Å². The van der Waals surface area contributed by atoms with Gasteiger partial charge in [-0.25, -0.2) is 4.39 Å². The predicted molar refractivity (Wildman–Crippen MR) is 160 cm³/mol. The molecule has 232 valence electrons. The number of benzene rings is 1. The van der Waals surface area contributed by atoms with E-state index in [1.54, 1.807) is 30.9 Å². The van der Waals surface area contributed by atoms with E-state index >= 15 is 0 Å². The first-order chi connectivity index (χ1) is 19.7. The summed E-state index contributed by atoms with van der Waals surface area (Å²) in [5, 5.41) is 8.41. The van der Waals surface area contributed by atoms with Gasteiger partial charge < -0.3 is 26.6 Å². The number of halogens is 1. The number of nitrogens with zero attached hydrogens (tertiary/aromatic N) is 1. The zero-order valence-corrected chi connectivity index (χ0v) is 25.8. The van der Waals surface area contributed by atoms with Gasteiger partial charge in [0, 0.05) is 19.5 Å². The van der Waals surface area contributed by atoms with Crippen LogP contribution in [-0.2, 0) is 25.6 Å². The van der Waals surface area contributed by atoms with E-state index in [-0.39, 0.29) is 35.9 Å². The second kappa shape index (κ2) is 19.2. The second-order valence-electron chi connectivity index (χ2n) is 10.1. The highest BCUT2D eigenvalue weighted by Gasteiger charge is 2.41. The molecule has 0 bridgehead atoms. The number of hydrogen-bond acceptors (Lipinski definition) is 5.